The zero-order valence-corrected chi connectivity index (χ0v) is 16.8. The molecule has 4 rings (SSSR count). The fraction of sp³-hybridized carbons (Fsp3) is 0.190. The van der Waals surface area contributed by atoms with Crippen LogP contribution >= 0.6 is 0 Å². The lowest BCUT2D eigenvalue weighted by Gasteiger charge is -2.24. The normalized spacial score (nSPS) is 12.2. The summed E-state index contributed by atoms with van der Waals surface area (Å²) in [5.41, 5.74) is 0.471. The molecule has 164 valence electrons. The quantitative estimate of drug-likeness (QED) is 0.335. The number of nitrogens with zero attached hydrogens (tertiary/aromatic N) is 6. The Kier molecular flexibility index (Phi) is 5.19. The minimum Gasteiger partial charge on any atom is -0.252 e. The van der Waals surface area contributed by atoms with E-state index >= 15 is 0 Å². The van der Waals surface area contributed by atoms with E-state index in [9.17, 15) is 22.0 Å². The maximum atomic E-state index is 14.1. The number of pyridine rings is 3. The Morgan fingerprint density at radius 3 is 2.16 bits per heavy atom. The van der Waals surface area contributed by atoms with E-state index in [1.165, 1.54) is 12.1 Å². The average Bonchev–Trinajstić information content (AvgIpc) is 3.25. The molecule has 4 aromatic heterocycles. The van der Waals surface area contributed by atoms with Gasteiger partial charge in [-0.3, -0.25) is 4.98 Å². The molecule has 0 bridgehead atoms. The van der Waals surface area contributed by atoms with Crippen molar-refractivity contribution in [2.75, 3.05) is 0 Å². The molecule has 0 aliphatic heterocycles. The standard InChI is InChI=1S/C21H15F5N6/c1-20(2,14-6-3-5-13(28-14)12-9-10-16(22)30-18(12)23)15-7-4-8-17(29-15)32-11-27-19(31-32)21(24,25)26/h3-11H,1-2H3. The van der Waals surface area contributed by atoms with Crippen LogP contribution in [0.1, 0.15) is 31.1 Å². The maximum absolute atomic E-state index is 14.1. The molecule has 0 spiro atoms. The smallest absolute Gasteiger partial charge is 0.252 e. The number of aromatic nitrogens is 6. The first-order valence-electron chi connectivity index (χ1n) is 9.32. The number of hydrogen-bond acceptors (Lipinski definition) is 5. The molecule has 0 saturated heterocycles. The van der Waals surface area contributed by atoms with Gasteiger partial charge in [-0.1, -0.05) is 12.1 Å². The third-order valence-corrected chi connectivity index (χ3v) is 4.84. The van der Waals surface area contributed by atoms with Gasteiger partial charge in [0.25, 0.3) is 5.82 Å². The van der Waals surface area contributed by atoms with Crippen LogP contribution in [0.4, 0.5) is 22.0 Å². The van der Waals surface area contributed by atoms with E-state index in [1.54, 1.807) is 30.3 Å². The van der Waals surface area contributed by atoms with E-state index in [4.69, 9.17) is 0 Å². The van der Waals surface area contributed by atoms with Gasteiger partial charge in [0, 0.05) is 5.41 Å². The van der Waals surface area contributed by atoms with Crippen molar-refractivity contribution in [1.29, 1.82) is 0 Å². The van der Waals surface area contributed by atoms with E-state index in [1.807, 2.05) is 13.8 Å². The number of rotatable bonds is 4. The molecule has 6 nitrogen and oxygen atoms in total. The molecule has 0 atom stereocenters. The summed E-state index contributed by atoms with van der Waals surface area (Å²) in [5, 5.41) is 3.44. The molecule has 4 heterocycles. The first-order chi connectivity index (χ1) is 15.1. The molecule has 0 aliphatic rings. The van der Waals surface area contributed by atoms with Gasteiger partial charge in [-0.15, -0.1) is 5.10 Å². The molecule has 0 radical (unpaired) electrons. The Balaban J connectivity index is 1.71. The van der Waals surface area contributed by atoms with Crippen LogP contribution in [0, 0.1) is 11.9 Å². The molecular weight excluding hydrogens is 431 g/mol. The van der Waals surface area contributed by atoms with Crippen molar-refractivity contribution < 1.29 is 22.0 Å². The third kappa shape index (κ3) is 4.05. The Morgan fingerprint density at radius 1 is 0.812 bits per heavy atom. The van der Waals surface area contributed by atoms with Crippen molar-refractivity contribution in [2.24, 2.45) is 0 Å². The van der Waals surface area contributed by atoms with Crippen molar-refractivity contribution in [2.45, 2.75) is 25.4 Å². The summed E-state index contributed by atoms with van der Waals surface area (Å²) in [5.74, 6) is -3.05. The van der Waals surface area contributed by atoms with Crippen LogP contribution in [-0.4, -0.2) is 29.7 Å². The molecule has 32 heavy (non-hydrogen) atoms. The molecule has 0 unspecified atom stereocenters. The highest BCUT2D eigenvalue weighted by Crippen LogP contribution is 2.31. The van der Waals surface area contributed by atoms with Crippen LogP contribution in [0.25, 0.3) is 17.1 Å². The van der Waals surface area contributed by atoms with Gasteiger partial charge in [0.2, 0.25) is 11.9 Å². The van der Waals surface area contributed by atoms with Crippen molar-refractivity contribution in [3.05, 3.63) is 84.0 Å². The maximum Gasteiger partial charge on any atom is 0.453 e. The highest BCUT2D eigenvalue weighted by atomic mass is 19.4. The van der Waals surface area contributed by atoms with Crippen molar-refractivity contribution in [1.82, 2.24) is 29.7 Å². The van der Waals surface area contributed by atoms with E-state index in [2.05, 4.69) is 25.0 Å². The summed E-state index contributed by atoms with van der Waals surface area (Å²) in [6.45, 7) is 3.62. The van der Waals surface area contributed by atoms with E-state index in [-0.39, 0.29) is 17.1 Å². The predicted octanol–water partition coefficient (Wildman–Crippen LogP) is 4.74. The molecule has 4 aromatic rings. The van der Waals surface area contributed by atoms with Gasteiger partial charge >= 0.3 is 6.18 Å². The lowest BCUT2D eigenvalue weighted by atomic mass is 9.84. The zero-order valence-electron chi connectivity index (χ0n) is 16.8. The molecule has 0 saturated carbocycles. The van der Waals surface area contributed by atoms with Crippen LogP contribution in [0.15, 0.2) is 54.9 Å². The Hall–Kier alpha value is -3.76. The van der Waals surface area contributed by atoms with Gasteiger partial charge in [0.05, 0.1) is 22.6 Å². The molecule has 0 aliphatic carbocycles. The van der Waals surface area contributed by atoms with Crippen LogP contribution < -0.4 is 0 Å². The van der Waals surface area contributed by atoms with Gasteiger partial charge in [-0.25, -0.2) is 14.6 Å². The second-order valence-corrected chi connectivity index (χ2v) is 7.40. The fourth-order valence-electron chi connectivity index (χ4n) is 3.07. The average molecular weight is 446 g/mol. The van der Waals surface area contributed by atoms with Crippen LogP contribution in [0.5, 0.6) is 0 Å². The molecule has 0 N–H and O–H groups in total. The largest absolute Gasteiger partial charge is 0.453 e. The Bertz CT molecular complexity index is 1280. The second-order valence-electron chi connectivity index (χ2n) is 7.40. The van der Waals surface area contributed by atoms with Crippen molar-refractivity contribution >= 4 is 0 Å². The lowest BCUT2D eigenvalue weighted by Crippen LogP contribution is -2.23. The predicted molar refractivity (Wildman–Crippen MR) is 104 cm³/mol. The zero-order chi connectivity index (χ0) is 23.1. The highest BCUT2D eigenvalue weighted by Gasteiger charge is 2.36. The minimum atomic E-state index is -4.67. The van der Waals surface area contributed by atoms with E-state index in [0.717, 1.165) is 17.1 Å². The monoisotopic (exact) mass is 446 g/mol. The summed E-state index contributed by atoms with van der Waals surface area (Å²) >= 11 is 0. The molecule has 0 fully saturated rings. The van der Waals surface area contributed by atoms with Gasteiger partial charge < -0.3 is 0 Å². The summed E-state index contributed by atoms with van der Waals surface area (Å²) < 4.78 is 66.6. The highest BCUT2D eigenvalue weighted by molar-refractivity contribution is 5.59. The van der Waals surface area contributed by atoms with Crippen LogP contribution in [0.3, 0.4) is 0 Å². The van der Waals surface area contributed by atoms with Crippen LogP contribution in [0.2, 0.25) is 0 Å². The molecule has 0 amide bonds. The summed E-state index contributed by atoms with van der Waals surface area (Å²) in [6.07, 6.45) is -3.73. The van der Waals surface area contributed by atoms with E-state index < -0.39 is 29.3 Å². The SMILES string of the molecule is CC(C)(c1cccc(-c2ccc(F)nc2F)n1)c1cccc(-n2cnc(C(F)(F)F)n2)n1. The molecule has 0 aromatic carbocycles. The minimum absolute atomic E-state index is 0.0352. The van der Waals surface area contributed by atoms with Gasteiger partial charge in [0.15, 0.2) is 5.82 Å². The third-order valence-electron chi connectivity index (χ3n) is 4.84. The van der Waals surface area contributed by atoms with Gasteiger partial charge in [0.1, 0.15) is 6.33 Å². The summed E-state index contributed by atoms with van der Waals surface area (Å²) in [7, 11) is 0. The number of alkyl halides is 3. The lowest BCUT2D eigenvalue weighted by molar-refractivity contribution is -0.144. The molecular formula is C21H15F5N6. The van der Waals surface area contributed by atoms with Gasteiger partial charge in [-0.2, -0.15) is 26.9 Å². The Labute approximate surface area is 178 Å². The topological polar surface area (TPSA) is 69.4 Å². The fourth-order valence-corrected chi connectivity index (χ4v) is 3.07. The summed E-state index contributed by atoms with van der Waals surface area (Å²) in [6, 6.07) is 12.0. The Morgan fingerprint density at radius 2 is 1.50 bits per heavy atom. The first-order valence-corrected chi connectivity index (χ1v) is 9.32. The van der Waals surface area contributed by atoms with Crippen molar-refractivity contribution in [3.63, 3.8) is 0 Å². The van der Waals surface area contributed by atoms with E-state index in [0.29, 0.717) is 11.4 Å². The summed E-state index contributed by atoms with van der Waals surface area (Å²) in [4.78, 5) is 15.4. The van der Waals surface area contributed by atoms with Gasteiger partial charge in [-0.05, 0) is 50.2 Å². The number of halogens is 5. The van der Waals surface area contributed by atoms with Crippen molar-refractivity contribution in [3.8, 4) is 17.1 Å². The van der Waals surface area contributed by atoms with Crippen LogP contribution in [-0.2, 0) is 11.6 Å². The first kappa shape index (κ1) is 21.5. The second kappa shape index (κ2) is 7.74. The molecule has 11 heteroatoms. The number of hydrogen-bond donors (Lipinski definition) is 0.